The molecule has 0 aliphatic carbocycles. The maximum Gasteiger partial charge on any atom is 0.254 e. The van der Waals surface area contributed by atoms with Crippen LogP contribution < -0.4 is 10.5 Å². The number of nitrogen functional groups attached to an aromatic ring is 1. The van der Waals surface area contributed by atoms with E-state index >= 15 is 0 Å². The second-order valence-corrected chi connectivity index (χ2v) is 7.32. The number of nitrogens with zero attached hydrogens (tertiary/aromatic N) is 3. The van der Waals surface area contributed by atoms with Gasteiger partial charge in [-0.3, -0.25) is 4.79 Å². The van der Waals surface area contributed by atoms with Crippen LogP contribution in [0.15, 0.2) is 42.5 Å². The van der Waals surface area contributed by atoms with Crippen LogP contribution >= 0.6 is 0 Å². The summed E-state index contributed by atoms with van der Waals surface area (Å²) < 4.78 is 5.64. The molecule has 0 fully saturated rings. The Hall–Kier alpha value is -2.89. The number of anilines is 1. The minimum absolute atomic E-state index is 0.0150. The minimum atomic E-state index is -0.0179. The summed E-state index contributed by atoms with van der Waals surface area (Å²) in [4.78, 5) is 23.3. The summed E-state index contributed by atoms with van der Waals surface area (Å²) in [6.45, 7) is 8.73. The molecule has 1 aromatic carbocycles. The van der Waals surface area contributed by atoms with Crippen molar-refractivity contribution in [3.63, 3.8) is 0 Å². The zero-order valence-electron chi connectivity index (χ0n) is 16.2. The van der Waals surface area contributed by atoms with E-state index in [1.807, 2.05) is 49.1 Å². The first-order valence-electron chi connectivity index (χ1n) is 9.24. The van der Waals surface area contributed by atoms with Crippen LogP contribution in [-0.4, -0.2) is 39.5 Å². The van der Waals surface area contributed by atoms with Crippen molar-refractivity contribution in [2.24, 2.45) is 5.92 Å². The Labute approximate surface area is 160 Å². The molecule has 27 heavy (non-hydrogen) atoms. The van der Waals surface area contributed by atoms with Gasteiger partial charge in [0, 0.05) is 23.7 Å². The van der Waals surface area contributed by atoms with Gasteiger partial charge in [-0.2, -0.15) is 4.98 Å². The zero-order valence-corrected chi connectivity index (χ0v) is 16.2. The van der Waals surface area contributed by atoms with Crippen LogP contribution in [-0.2, 0) is 0 Å². The molecule has 0 radical (unpaired) electrons. The average molecular weight is 366 g/mol. The Morgan fingerprint density at radius 1 is 1.22 bits per heavy atom. The summed E-state index contributed by atoms with van der Waals surface area (Å²) in [7, 11) is 0. The Kier molecular flexibility index (Phi) is 5.44. The lowest BCUT2D eigenvalue weighted by Gasteiger charge is -2.27. The number of carbonyl (C=O) groups excluding carboxylic acids is 1. The molecule has 2 aromatic rings. The summed E-state index contributed by atoms with van der Waals surface area (Å²) in [6.07, 6.45) is 4.14. The summed E-state index contributed by atoms with van der Waals surface area (Å²) in [5.41, 5.74) is 7.90. The van der Waals surface area contributed by atoms with Crippen molar-refractivity contribution in [1.29, 1.82) is 0 Å². The number of hydrogen-bond donors (Lipinski definition) is 1. The van der Waals surface area contributed by atoms with E-state index in [1.54, 1.807) is 6.07 Å². The van der Waals surface area contributed by atoms with Gasteiger partial charge in [0.15, 0.2) is 0 Å². The van der Waals surface area contributed by atoms with Crippen LogP contribution in [0.1, 0.15) is 38.1 Å². The molecule has 1 amide bonds. The molecule has 0 spiro atoms. The average Bonchev–Trinajstić information content (AvgIpc) is 3.10. The van der Waals surface area contributed by atoms with Gasteiger partial charge in [0.2, 0.25) is 11.8 Å². The lowest BCUT2D eigenvalue weighted by atomic mass is 10.0. The quantitative estimate of drug-likeness (QED) is 0.819. The molecule has 0 saturated heterocycles. The van der Waals surface area contributed by atoms with Crippen molar-refractivity contribution >= 4 is 11.9 Å². The molecule has 6 heteroatoms. The number of aromatic nitrogens is 2. The fraction of sp³-hybridized carbons (Fsp3) is 0.381. The Morgan fingerprint density at radius 3 is 2.70 bits per heavy atom. The molecular formula is C21H26N4O2. The first kappa shape index (κ1) is 18.9. The van der Waals surface area contributed by atoms with E-state index in [1.165, 1.54) is 0 Å². The third-order valence-corrected chi connectivity index (χ3v) is 4.42. The molecule has 1 aliphatic heterocycles. The first-order chi connectivity index (χ1) is 12.8. The van der Waals surface area contributed by atoms with Gasteiger partial charge in [-0.05, 0) is 31.9 Å². The number of benzene rings is 1. The van der Waals surface area contributed by atoms with Crippen LogP contribution in [0.3, 0.4) is 0 Å². The minimum Gasteiger partial charge on any atom is -0.475 e. The van der Waals surface area contributed by atoms with E-state index in [2.05, 4.69) is 29.9 Å². The molecule has 0 saturated carbocycles. The second-order valence-electron chi connectivity index (χ2n) is 7.32. The fourth-order valence-electron chi connectivity index (χ4n) is 3.21. The predicted octanol–water partition coefficient (Wildman–Crippen LogP) is 3.55. The lowest BCUT2D eigenvalue weighted by Crippen LogP contribution is -2.39. The van der Waals surface area contributed by atoms with Gasteiger partial charge in [0.05, 0.1) is 17.8 Å². The molecular weight excluding hydrogens is 340 g/mol. The van der Waals surface area contributed by atoms with Crippen molar-refractivity contribution in [3.8, 4) is 17.1 Å². The third-order valence-electron chi connectivity index (χ3n) is 4.42. The van der Waals surface area contributed by atoms with Crippen molar-refractivity contribution in [2.75, 3.05) is 12.3 Å². The molecule has 142 valence electrons. The summed E-state index contributed by atoms with van der Waals surface area (Å²) in [5.74, 6) is 0.950. The fourth-order valence-corrected chi connectivity index (χ4v) is 3.21. The molecule has 6 nitrogen and oxygen atoms in total. The molecule has 1 aromatic heterocycles. The Morgan fingerprint density at radius 2 is 2.00 bits per heavy atom. The maximum atomic E-state index is 13.0. The second kappa shape index (κ2) is 7.78. The first-order valence-corrected chi connectivity index (χ1v) is 9.24. The van der Waals surface area contributed by atoms with Gasteiger partial charge < -0.3 is 15.4 Å². The highest BCUT2D eigenvalue weighted by molar-refractivity contribution is 5.96. The molecule has 3 rings (SSSR count). The molecule has 2 N–H and O–H groups in total. The molecule has 2 heterocycles. The van der Waals surface area contributed by atoms with Crippen LogP contribution in [0.4, 0.5) is 5.95 Å². The highest BCUT2D eigenvalue weighted by atomic mass is 16.5. The van der Waals surface area contributed by atoms with Crippen LogP contribution in [0.25, 0.3) is 11.3 Å². The molecule has 1 unspecified atom stereocenters. The molecule has 0 bridgehead atoms. The molecule has 1 aliphatic rings. The van der Waals surface area contributed by atoms with Crippen LogP contribution in [0.5, 0.6) is 5.88 Å². The summed E-state index contributed by atoms with van der Waals surface area (Å²) >= 11 is 0. The van der Waals surface area contributed by atoms with Crippen LogP contribution in [0, 0.1) is 5.92 Å². The van der Waals surface area contributed by atoms with Crippen molar-refractivity contribution in [3.05, 3.63) is 48.0 Å². The topological polar surface area (TPSA) is 81.3 Å². The number of carbonyl (C=O) groups is 1. The molecule has 1 atom stereocenters. The zero-order chi connectivity index (χ0) is 19.6. The van der Waals surface area contributed by atoms with Crippen molar-refractivity contribution in [1.82, 2.24) is 14.9 Å². The van der Waals surface area contributed by atoms with Gasteiger partial charge in [-0.1, -0.05) is 38.1 Å². The Bertz CT molecular complexity index is 861. The van der Waals surface area contributed by atoms with Gasteiger partial charge in [0.25, 0.3) is 5.91 Å². The summed E-state index contributed by atoms with van der Waals surface area (Å²) in [6, 6.07) is 9.31. The largest absolute Gasteiger partial charge is 0.475 e. The SMILES string of the molecule is CC(C)Oc1cc(-c2cccc(C(=O)N3CC=CC3C(C)C)c2)nc(N)n1. The van der Waals surface area contributed by atoms with E-state index in [0.717, 1.165) is 5.56 Å². The highest BCUT2D eigenvalue weighted by Crippen LogP contribution is 2.25. The van der Waals surface area contributed by atoms with E-state index in [4.69, 9.17) is 10.5 Å². The number of nitrogens with two attached hydrogens (primary N) is 1. The van der Waals surface area contributed by atoms with Crippen LogP contribution in [0.2, 0.25) is 0 Å². The van der Waals surface area contributed by atoms with Gasteiger partial charge in [0.1, 0.15) is 0 Å². The summed E-state index contributed by atoms with van der Waals surface area (Å²) in [5, 5.41) is 0. The van der Waals surface area contributed by atoms with Crippen molar-refractivity contribution < 1.29 is 9.53 Å². The van der Waals surface area contributed by atoms with E-state index in [9.17, 15) is 4.79 Å². The van der Waals surface area contributed by atoms with Gasteiger partial charge >= 0.3 is 0 Å². The Balaban J connectivity index is 1.90. The van der Waals surface area contributed by atoms with Crippen molar-refractivity contribution in [2.45, 2.75) is 39.8 Å². The van der Waals surface area contributed by atoms with E-state index in [0.29, 0.717) is 29.6 Å². The smallest absolute Gasteiger partial charge is 0.254 e. The predicted molar refractivity (Wildman–Crippen MR) is 106 cm³/mol. The lowest BCUT2D eigenvalue weighted by molar-refractivity contribution is 0.0720. The van der Waals surface area contributed by atoms with E-state index < -0.39 is 0 Å². The number of amides is 1. The normalized spacial score (nSPS) is 16.4. The van der Waals surface area contributed by atoms with Gasteiger partial charge in [-0.15, -0.1) is 0 Å². The number of ether oxygens (including phenoxy) is 1. The number of rotatable bonds is 5. The monoisotopic (exact) mass is 366 g/mol. The van der Waals surface area contributed by atoms with E-state index in [-0.39, 0.29) is 24.0 Å². The third kappa shape index (κ3) is 4.27. The standard InChI is InChI=1S/C21H26N4O2/c1-13(2)18-9-6-10-25(18)20(26)16-8-5-7-15(11-16)17-12-19(27-14(3)4)24-21(22)23-17/h5-9,11-14,18H,10H2,1-4H3,(H2,22,23,24). The van der Waals surface area contributed by atoms with Gasteiger partial charge in [-0.25, -0.2) is 4.98 Å². The maximum absolute atomic E-state index is 13.0. The number of hydrogen-bond acceptors (Lipinski definition) is 5. The highest BCUT2D eigenvalue weighted by Gasteiger charge is 2.27.